The summed E-state index contributed by atoms with van der Waals surface area (Å²) in [5.74, 6) is 0. The van der Waals surface area contributed by atoms with Gasteiger partial charge in [-0.3, -0.25) is 0 Å². The molecule has 0 saturated carbocycles. The van der Waals surface area contributed by atoms with Gasteiger partial charge in [0.25, 0.3) is 16.6 Å². The lowest BCUT2D eigenvalue weighted by Gasteiger charge is -2.44. The van der Waals surface area contributed by atoms with Crippen LogP contribution in [0.1, 0.15) is 66.5 Å². The minimum atomic E-state index is -2.93. The van der Waals surface area contributed by atoms with Crippen molar-refractivity contribution in [2.45, 2.75) is 103 Å². The summed E-state index contributed by atoms with van der Waals surface area (Å²) >= 11 is 0. The Kier molecular flexibility index (Phi) is 15.9. The van der Waals surface area contributed by atoms with E-state index in [-0.39, 0.29) is 27.7 Å². The normalized spacial score (nSPS) is 18.8. The maximum Gasteiger partial charge on any atom is 0.261 e. The molecule has 6 aromatic carbocycles. The third-order valence-electron chi connectivity index (χ3n) is 12.5. The van der Waals surface area contributed by atoms with Crippen molar-refractivity contribution in [3.63, 3.8) is 0 Å². The molecule has 7 rings (SSSR count). The fourth-order valence-corrected chi connectivity index (χ4v) is 20.0. The number of hydrogen-bond donors (Lipinski definition) is 0. The van der Waals surface area contributed by atoms with Gasteiger partial charge in [-0.25, -0.2) is 0 Å². The molecule has 1 aliphatic rings. The van der Waals surface area contributed by atoms with Gasteiger partial charge in [-0.2, -0.15) is 0 Å². The minimum absolute atomic E-state index is 0.0967. The van der Waals surface area contributed by atoms with Gasteiger partial charge < -0.3 is 22.6 Å². The molecule has 0 amide bonds. The predicted molar refractivity (Wildman–Crippen MR) is 273 cm³/mol. The second-order valence-electron chi connectivity index (χ2n) is 18.6. The molecule has 63 heavy (non-hydrogen) atoms. The van der Waals surface area contributed by atoms with Crippen molar-refractivity contribution in [1.29, 1.82) is 0 Å². The van der Waals surface area contributed by atoms with Gasteiger partial charge in [0.15, 0.2) is 0 Å². The topological polar surface area (TPSA) is 46.2 Å². The quantitative estimate of drug-likeness (QED) is 0.0636. The number of aryl methyl sites for hydroxylation is 2. The summed E-state index contributed by atoms with van der Waals surface area (Å²) < 4.78 is 36.9. The largest absolute Gasteiger partial charge is 0.405 e. The molecule has 0 bridgehead atoms. The molecule has 9 heteroatoms. The third kappa shape index (κ3) is 10.6. The number of benzene rings is 6. The Labute approximate surface area is 383 Å². The van der Waals surface area contributed by atoms with Crippen molar-refractivity contribution in [3.8, 4) is 0 Å². The molecule has 0 aromatic heterocycles. The van der Waals surface area contributed by atoms with Crippen molar-refractivity contribution in [2.24, 2.45) is 0 Å². The molecule has 6 atom stereocenters. The summed E-state index contributed by atoms with van der Waals surface area (Å²) in [7, 11) is -5.66. The van der Waals surface area contributed by atoms with Gasteiger partial charge in [0.2, 0.25) is 0 Å². The predicted octanol–water partition coefficient (Wildman–Crippen LogP) is 9.64. The summed E-state index contributed by atoms with van der Waals surface area (Å²) in [6.07, 6.45) is 0.264. The molecular weight excluding hydrogens is 847 g/mol. The average molecular weight is 913 g/mol. The van der Waals surface area contributed by atoms with E-state index >= 15 is 0 Å². The number of hydrogen-bond acceptors (Lipinski definition) is 5. The molecule has 1 saturated heterocycles. The Morgan fingerprint density at radius 2 is 0.714 bits per heavy atom. The Morgan fingerprint density at radius 3 is 0.968 bits per heavy atom. The molecule has 2 unspecified atom stereocenters. The lowest BCUT2D eigenvalue weighted by molar-refractivity contribution is -0.0290. The van der Waals surface area contributed by atoms with Gasteiger partial charge in [0, 0.05) is 17.6 Å². The van der Waals surface area contributed by atoms with E-state index in [1.54, 1.807) is 0 Å². The van der Waals surface area contributed by atoms with Gasteiger partial charge in [0.1, 0.15) is 24.4 Å². The fourth-order valence-electron chi connectivity index (χ4n) is 9.18. The smallest absolute Gasteiger partial charge is 0.261 e. The molecule has 0 aliphatic carbocycles. The van der Waals surface area contributed by atoms with E-state index in [1.807, 2.05) is 0 Å². The van der Waals surface area contributed by atoms with E-state index in [0.29, 0.717) is 13.2 Å². The molecular formula is C54H66O5P2Si2. The van der Waals surface area contributed by atoms with E-state index in [2.05, 4.69) is 225 Å². The van der Waals surface area contributed by atoms with Crippen LogP contribution in [0, 0.1) is 0 Å². The number of rotatable bonds is 18. The van der Waals surface area contributed by atoms with Crippen LogP contribution in [-0.4, -0.2) is 54.3 Å². The fraction of sp³-hybridized carbons (Fsp3) is 0.333. The van der Waals surface area contributed by atoms with Crippen LogP contribution in [0.15, 0.2) is 170 Å². The first-order valence-electron chi connectivity index (χ1n) is 22.6. The zero-order chi connectivity index (χ0) is 44.5. The van der Waals surface area contributed by atoms with Crippen LogP contribution in [0.4, 0.5) is 0 Å². The van der Waals surface area contributed by atoms with Crippen LogP contribution in [-0.2, 0) is 35.5 Å². The Bertz CT molecular complexity index is 2040. The lowest BCUT2D eigenvalue weighted by Crippen LogP contribution is -2.67. The molecule has 0 spiro atoms. The second kappa shape index (κ2) is 21.2. The Balaban J connectivity index is 1.30. The van der Waals surface area contributed by atoms with Crippen molar-refractivity contribution in [3.05, 3.63) is 181 Å². The zero-order valence-electron chi connectivity index (χ0n) is 38.3. The van der Waals surface area contributed by atoms with Crippen molar-refractivity contribution >= 4 is 65.6 Å². The molecule has 1 heterocycles. The molecule has 0 radical (unpaired) electrons. The lowest BCUT2D eigenvalue weighted by atomic mass is 10.1. The van der Waals surface area contributed by atoms with Crippen LogP contribution in [0.2, 0.25) is 10.1 Å². The standard InChI is InChI=1S/C54H66O5P2Si2/c1-9-41-31-35-43(36-32-41)60-58-51-49(39-55-62(53(3,4)5,45-23-15-11-16-24-45)46-25-17-12-18-26-46)57-50(52(51)59-61-44-37-33-42(10-2)34-38-44)40-56-63(54(6,7)8,47-27-19-13-20-28-47)48-29-21-14-22-30-48/h11-38,49-52,60-61H,9-10,39-40H2,1-8H3/t49-,50-,51-,52-/m1/s1. The van der Waals surface area contributed by atoms with Gasteiger partial charge in [-0.1, -0.05) is 225 Å². The van der Waals surface area contributed by atoms with Crippen LogP contribution in [0.3, 0.4) is 0 Å². The highest BCUT2D eigenvalue weighted by molar-refractivity contribution is 7.42. The third-order valence-corrected chi connectivity index (χ3v) is 24.4. The first-order valence-corrected chi connectivity index (χ1v) is 28.2. The minimum Gasteiger partial charge on any atom is -0.405 e. The number of ether oxygens (including phenoxy) is 1. The molecule has 1 aliphatic heterocycles. The van der Waals surface area contributed by atoms with Crippen LogP contribution >= 0.6 is 17.6 Å². The monoisotopic (exact) mass is 912 g/mol. The van der Waals surface area contributed by atoms with Crippen LogP contribution in [0.25, 0.3) is 0 Å². The van der Waals surface area contributed by atoms with Gasteiger partial charge in [-0.15, -0.1) is 0 Å². The highest BCUT2D eigenvalue weighted by atomic mass is 31.1. The van der Waals surface area contributed by atoms with E-state index in [1.165, 1.54) is 31.9 Å². The zero-order valence-corrected chi connectivity index (χ0v) is 42.3. The molecule has 5 nitrogen and oxygen atoms in total. The Hall–Kier alpha value is -3.59. The summed E-state index contributed by atoms with van der Waals surface area (Å²) in [5.41, 5.74) is 2.61. The van der Waals surface area contributed by atoms with Crippen molar-refractivity contribution in [2.75, 3.05) is 13.2 Å². The highest BCUT2D eigenvalue weighted by Gasteiger charge is 2.55. The first kappa shape index (κ1) is 47.4. The maximum atomic E-state index is 7.64. The van der Waals surface area contributed by atoms with E-state index in [4.69, 9.17) is 22.6 Å². The van der Waals surface area contributed by atoms with Crippen LogP contribution < -0.4 is 31.4 Å². The second-order valence-corrected chi connectivity index (χ2v) is 29.3. The molecule has 6 aromatic rings. The van der Waals surface area contributed by atoms with Crippen LogP contribution in [0.5, 0.6) is 0 Å². The van der Waals surface area contributed by atoms with Crippen molar-refractivity contribution in [1.82, 2.24) is 0 Å². The maximum absolute atomic E-state index is 7.64. The summed E-state index contributed by atoms with van der Waals surface area (Å²) in [6.45, 7) is 19.0. The van der Waals surface area contributed by atoms with Gasteiger partial charge in [0.05, 0.1) is 13.2 Å². The highest BCUT2D eigenvalue weighted by Crippen LogP contribution is 2.42. The van der Waals surface area contributed by atoms with Gasteiger partial charge in [-0.05, 0) is 65.4 Å². The molecule has 1 fully saturated rings. The summed E-state index contributed by atoms with van der Waals surface area (Å²) in [5, 5.41) is 6.79. The molecule has 330 valence electrons. The molecule has 0 N–H and O–H groups in total. The van der Waals surface area contributed by atoms with Crippen molar-refractivity contribution < 1.29 is 22.6 Å². The van der Waals surface area contributed by atoms with E-state index < -0.39 is 41.1 Å². The Morgan fingerprint density at radius 1 is 0.429 bits per heavy atom. The van der Waals surface area contributed by atoms with E-state index in [0.717, 1.165) is 23.5 Å². The van der Waals surface area contributed by atoms with E-state index in [9.17, 15) is 0 Å². The first-order chi connectivity index (χ1) is 30.4. The SMILES string of the molecule is CCc1ccc(PO[C@H]2[C@H](OPc3ccc(CC)cc3)[C@@H](CO[Si](c3ccccc3)(c3ccccc3)C(C)(C)C)O[C@@H]2CO[Si](c2ccccc2)(c2ccccc2)C(C)(C)C)cc1. The summed E-state index contributed by atoms with van der Waals surface area (Å²) in [4.78, 5) is 0. The summed E-state index contributed by atoms with van der Waals surface area (Å²) in [6, 6.07) is 60.9. The average Bonchev–Trinajstić information content (AvgIpc) is 3.64. The van der Waals surface area contributed by atoms with Gasteiger partial charge >= 0.3 is 0 Å².